The zero-order chi connectivity index (χ0) is 17.2. The number of nitrogens with one attached hydrogen (secondary N) is 1. The van der Waals surface area contributed by atoms with Gasteiger partial charge in [0.05, 0.1) is 12.2 Å². The Morgan fingerprint density at radius 1 is 1.48 bits per heavy atom. The van der Waals surface area contributed by atoms with Gasteiger partial charge in [-0.25, -0.2) is 14.0 Å². The van der Waals surface area contributed by atoms with E-state index in [1.165, 1.54) is 11.0 Å². The van der Waals surface area contributed by atoms with Gasteiger partial charge in [-0.15, -0.1) is 0 Å². The summed E-state index contributed by atoms with van der Waals surface area (Å²) in [5.74, 6) is -0.389. The van der Waals surface area contributed by atoms with Crippen LogP contribution in [-0.2, 0) is 9.47 Å². The molecule has 1 N–H and O–H groups in total. The molecule has 0 spiro atoms. The molecule has 1 aromatic rings. The zero-order valence-electron chi connectivity index (χ0n) is 13.7. The van der Waals surface area contributed by atoms with E-state index in [0.29, 0.717) is 11.3 Å². The van der Waals surface area contributed by atoms with Crippen molar-refractivity contribution >= 4 is 17.9 Å². The van der Waals surface area contributed by atoms with Crippen LogP contribution in [0.2, 0.25) is 0 Å². The number of hydrogen-bond donors (Lipinski definition) is 1. The number of nitrogens with zero attached hydrogens (tertiary/aromatic N) is 1. The highest BCUT2D eigenvalue weighted by atomic mass is 19.1. The van der Waals surface area contributed by atoms with Crippen molar-refractivity contribution < 1.29 is 23.5 Å². The largest absolute Gasteiger partial charge is 0.446 e. The summed E-state index contributed by atoms with van der Waals surface area (Å²) >= 11 is 0. The number of halogens is 1. The molecular weight excluding hydrogens is 303 g/mol. The number of aryl methyl sites for hydroxylation is 1. The number of amides is 2. The molecule has 126 valence electrons. The van der Waals surface area contributed by atoms with Crippen molar-refractivity contribution in [3.05, 3.63) is 29.6 Å². The van der Waals surface area contributed by atoms with Gasteiger partial charge in [0.1, 0.15) is 12.4 Å². The highest BCUT2D eigenvalue weighted by molar-refractivity contribution is 5.89. The molecule has 1 aliphatic heterocycles. The molecule has 6 nitrogen and oxygen atoms in total. The van der Waals surface area contributed by atoms with Gasteiger partial charge in [-0.05, 0) is 45.4 Å². The van der Waals surface area contributed by atoms with Gasteiger partial charge in [0.25, 0.3) is 0 Å². The van der Waals surface area contributed by atoms with E-state index in [1.54, 1.807) is 19.1 Å². The van der Waals surface area contributed by atoms with E-state index >= 15 is 0 Å². The zero-order valence-corrected chi connectivity index (χ0v) is 13.7. The fourth-order valence-corrected chi connectivity index (χ4v) is 2.08. The second kappa shape index (κ2) is 6.44. The first-order valence-electron chi connectivity index (χ1n) is 7.35. The predicted octanol–water partition coefficient (Wildman–Crippen LogP) is 2.98. The molecule has 1 aliphatic rings. The maximum Gasteiger partial charge on any atom is 0.414 e. The highest BCUT2D eigenvalue weighted by Crippen LogP contribution is 2.23. The highest BCUT2D eigenvalue weighted by Gasteiger charge is 2.33. The van der Waals surface area contributed by atoms with Crippen LogP contribution < -0.4 is 10.2 Å². The van der Waals surface area contributed by atoms with E-state index in [1.807, 2.05) is 20.8 Å². The lowest BCUT2D eigenvalue weighted by Gasteiger charge is -2.20. The Bertz CT molecular complexity index is 613. The van der Waals surface area contributed by atoms with Crippen LogP contribution >= 0.6 is 0 Å². The molecule has 1 heterocycles. The van der Waals surface area contributed by atoms with E-state index in [-0.39, 0.29) is 19.0 Å². The van der Waals surface area contributed by atoms with Crippen molar-refractivity contribution in [1.29, 1.82) is 0 Å². The van der Waals surface area contributed by atoms with E-state index < -0.39 is 23.8 Å². The standard InChI is InChI=1S/C16H21FN2O4/c1-10-5-6-11(7-13(10)17)19-8-12(23-15(19)21)9-22-14(20)18-16(2,3)4/h5-7,12H,8-9H2,1-4H3,(H,18,20). The average Bonchev–Trinajstić information content (AvgIpc) is 2.79. The molecule has 23 heavy (non-hydrogen) atoms. The summed E-state index contributed by atoms with van der Waals surface area (Å²) in [7, 11) is 0. The number of carbonyl (C=O) groups excluding carboxylic acids is 2. The van der Waals surface area contributed by atoms with E-state index in [4.69, 9.17) is 9.47 Å². The van der Waals surface area contributed by atoms with Crippen molar-refractivity contribution in [1.82, 2.24) is 5.32 Å². The number of hydrogen-bond acceptors (Lipinski definition) is 4. The second-order valence-corrected chi connectivity index (χ2v) is 6.52. The summed E-state index contributed by atoms with van der Waals surface area (Å²) in [6.45, 7) is 7.28. The summed E-state index contributed by atoms with van der Waals surface area (Å²) in [5, 5.41) is 2.65. The molecule has 1 aromatic carbocycles. The predicted molar refractivity (Wildman–Crippen MR) is 83.0 cm³/mol. The second-order valence-electron chi connectivity index (χ2n) is 6.52. The van der Waals surface area contributed by atoms with Crippen LogP contribution in [0.3, 0.4) is 0 Å². The molecule has 0 aromatic heterocycles. The number of rotatable bonds is 3. The summed E-state index contributed by atoms with van der Waals surface area (Å²) in [4.78, 5) is 24.8. The van der Waals surface area contributed by atoms with Crippen LogP contribution in [0, 0.1) is 12.7 Å². The van der Waals surface area contributed by atoms with Gasteiger partial charge >= 0.3 is 12.2 Å². The van der Waals surface area contributed by atoms with Crippen molar-refractivity contribution in [3.8, 4) is 0 Å². The first-order valence-corrected chi connectivity index (χ1v) is 7.35. The van der Waals surface area contributed by atoms with Gasteiger partial charge in [0.15, 0.2) is 6.10 Å². The van der Waals surface area contributed by atoms with Crippen LogP contribution in [0.5, 0.6) is 0 Å². The summed E-state index contributed by atoms with van der Waals surface area (Å²) in [6.07, 6.45) is -1.75. The van der Waals surface area contributed by atoms with E-state index in [9.17, 15) is 14.0 Å². The number of anilines is 1. The molecule has 0 bridgehead atoms. The van der Waals surface area contributed by atoms with Gasteiger partial charge in [0.2, 0.25) is 0 Å². The molecule has 0 aliphatic carbocycles. The third kappa shape index (κ3) is 4.58. The molecule has 0 radical (unpaired) electrons. The average molecular weight is 324 g/mol. The monoisotopic (exact) mass is 324 g/mol. The third-order valence-electron chi connectivity index (χ3n) is 3.22. The fraction of sp³-hybridized carbons (Fsp3) is 0.500. The number of benzene rings is 1. The lowest BCUT2D eigenvalue weighted by Crippen LogP contribution is -2.42. The maximum atomic E-state index is 13.6. The van der Waals surface area contributed by atoms with Gasteiger partial charge in [-0.2, -0.15) is 0 Å². The molecule has 1 fully saturated rings. The number of carbonyl (C=O) groups is 2. The quantitative estimate of drug-likeness (QED) is 0.928. The molecule has 2 rings (SSSR count). The van der Waals surface area contributed by atoms with Gasteiger partial charge in [0, 0.05) is 5.54 Å². The minimum absolute atomic E-state index is 0.0570. The SMILES string of the molecule is Cc1ccc(N2CC(COC(=O)NC(C)(C)C)OC2=O)cc1F. The normalized spacial score (nSPS) is 17.9. The van der Waals surface area contributed by atoms with Crippen LogP contribution in [0.1, 0.15) is 26.3 Å². The Kier molecular flexibility index (Phi) is 4.77. The van der Waals surface area contributed by atoms with Crippen molar-refractivity contribution in [3.63, 3.8) is 0 Å². The van der Waals surface area contributed by atoms with Crippen LogP contribution in [0.15, 0.2) is 18.2 Å². The summed E-state index contributed by atoms with van der Waals surface area (Å²) in [6, 6.07) is 4.53. The lowest BCUT2D eigenvalue weighted by molar-refractivity contribution is 0.0705. The Labute approximate surface area is 134 Å². The van der Waals surface area contributed by atoms with Crippen molar-refractivity contribution in [2.45, 2.75) is 39.3 Å². The van der Waals surface area contributed by atoms with E-state index in [2.05, 4.69) is 5.32 Å². The van der Waals surface area contributed by atoms with Crippen molar-refractivity contribution in [2.24, 2.45) is 0 Å². The molecular formula is C16H21FN2O4. The molecule has 1 unspecified atom stereocenters. The summed E-state index contributed by atoms with van der Waals surface area (Å²) < 4.78 is 23.8. The molecule has 1 atom stereocenters. The lowest BCUT2D eigenvalue weighted by atomic mass is 10.1. The maximum absolute atomic E-state index is 13.6. The van der Waals surface area contributed by atoms with Gasteiger partial charge in [-0.1, -0.05) is 6.07 Å². The fourth-order valence-electron chi connectivity index (χ4n) is 2.08. The topological polar surface area (TPSA) is 67.9 Å². The first kappa shape index (κ1) is 17.1. The molecule has 0 saturated carbocycles. The minimum atomic E-state index is -0.586. The molecule has 7 heteroatoms. The number of cyclic esters (lactones) is 1. The van der Waals surface area contributed by atoms with Crippen molar-refractivity contribution in [2.75, 3.05) is 18.1 Å². The van der Waals surface area contributed by atoms with Gasteiger partial charge in [-0.3, -0.25) is 4.90 Å². The third-order valence-corrected chi connectivity index (χ3v) is 3.22. The Morgan fingerprint density at radius 2 is 2.17 bits per heavy atom. The smallest absolute Gasteiger partial charge is 0.414 e. The minimum Gasteiger partial charge on any atom is -0.446 e. The Morgan fingerprint density at radius 3 is 2.78 bits per heavy atom. The van der Waals surface area contributed by atoms with E-state index in [0.717, 1.165) is 0 Å². The molecule has 2 amide bonds. The number of ether oxygens (including phenoxy) is 2. The summed E-state index contributed by atoms with van der Waals surface area (Å²) in [5.41, 5.74) is 0.509. The van der Waals surface area contributed by atoms with Crippen LogP contribution in [0.4, 0.5) is 19.7 Å². The Hall–Kier alpha value is -2.31. The van der Waals surface area contributed by atoms with Crippen LogP contribution in [0.25, 0.3) is 0 Å². The van der Waals surface area contributed by atoms with Crippen LogP contribution in [-0.4, -0.2) is 37.0 Å². The van der Waals surface area contributed by atoms with Gasteiger partial charge < -0.3 is 14.8 Å². The Balaban J connectivity index is 1.92. The first-order chi connectivity index (χ1) is 10.7. The number of alkyl carbamates (subject to hydrolysis) is 1. The molecule has 1 saturated heterocycles.